The molecule has 2 aliphatic heterocycles. The molecule has 3 saturated carbocycles. The number of aliphatic carboxylic acids is 1. The molecule has 3 aliphatic carbocycles. The van der Waals surface area contributed by atoms with Gasteiger partial charge in [0.2, 0.25) is 0 Å². The predicted molar refractivity (Wildman–Crippen MR) is 133 cm³/mol. The lowest BCUT2D eigenvalue weighted by atomic mass is 9.43. The minimum atomic E-state index is -5.08. The van der Waals surface area contributed by atoms with Crippen LogP contribution in [0.25, 0.3) is 0 Å². The average molecular weight is 540 g/mol. The zero-order valence-corrected chi connectivity index (χ0v) is 21.9. The molecular formula is C26H36BF3N2O6. The van der Waals surface area contributed by atoms with E-state index in [9.17, 15) is 18.0 Å². The Bertz CT molecular complexity index is 991. The van der Waals surface area contributed by atoms with Crippen molar-refractivity contribution in [1.29, 1.82) is 0 Å². The molecule has 38 heavy (non-hydrogen) atoms. The highest BCUT2D eigenvalue weighted by Crippen LogP contribution is 2.65. The van der Waals surface area contributed by atoms with Crippen molar-refractivity contribution in [2.45, 2.75) is 82.7 Å². The first-order valence-corrected chi connectivity index (χ1v) is 13.1. The van der Waals surface area contributed by atoms with Crippen LogP contribution in [0.15, 0.2) is 30.3 Å². The highest BCUT2D eigenvalue weighted by Gasteiger charge is 2.68. The normalized spacial score (nSPS) is 31.8. The van der Waals surface area contributed by atoms with Gasteiger partial charge in [0.15, 0.2) is 0 Å². The van der Waals surface area contributed by atoms with Crippen molar-refractivity contribution < 1.29 is 41.9 Å². The summed E-state index contributed by atoms with van der Waals surface area (Å²) in [6.45, 7) is 8.32. The molecule has 5 aliphatic rings. The van der Waals surface area contributed by atoms with Gasteiger partial charge in [0, 0.05) is 6.04 Å². The van der Waals surface area contributed by atoms with E-state index in [1.807, 2.05) is 18.2 Å². The van der Waals surface area contributed by atoms with Gasteiger partial charge in [0.25, 0.3) is 0 Å². The summed E-state index contributed by atoms with van der Waals surface area (Å²) in [4.78, 5) is 21.6. The largest absolute Gasteiger partial charge is 0.490 e. The molecular weight excluding hydrogens is 504 g/mol. The van der Waals surface area contributed by atoms with Gasteiger partial charge >= 0.3 is 25.4 Å². The number of amides is 1. The molecule has 3 N–H and O–H groups in total. The lowest BCUT2D eigenvalue weighted by Gasteiger charge is -2.64. The molecule has 2 heterocycles. The van der Waals surface area contributed by atoms with Crippen LogP contribution in [-0.4, -0.2) is 67.3 Å². The van der Waals surface area contributed by atoms with Gasteiger partial charge in [-0.25, -0.2) is 9.59 Å². The number of nitrogens with one attached hydrogen (secondary N) is 2. The molecule has 2 saturated heterocycles. The third-order valence-electron chi connectivity index (χ3n) is 8.72. The summed E-state index contributed by atoms with van der Waals surface area (Å²) >= 11 is 0. The predicted octanol–water partition coefficient (Wildman–Crippen LogP) is 3.98. The number of alkyl halides is 3. The van der Waals surface area contributed by atoms with E-state index in [2.05, 4.69) is 43.5 Å². The third kappa shape index (κ3) is 6.12. The van der Waals surface area contributed by atoms with Crippen molar-refractivity contribution in [1.82, 2.24) is 10.6 Å². The van der Waals surface area contributed by atoms with Crippen molar-refractivity contribution in [3.63, 3.8) is 0 Å². The molecule has 1 unspecified atom stereocenters. The number of halogens is 3. The lowest BCUT2D eigenvalue weighted by molar-refractivity contribution is -0.199. The number of ether oxygens (including phenoxy) is 1. The lowest BCUT2D eigenvalue weighted by Crippen LogP contribution is -2.65. The van der Waals surface area contributed by atoms with E-state index in [1.165, 1.54) is 6.42 Å². The van der Waals surface area contributed by atoms with Gasteiger partial charge in [0.1, 0.15) is 6.61 Å². The highest BCUT2D eigenvalue weighted by atomic mass is 19.4. The van der Waals surface area contributed by atoms with Crippen LogP contribution in [0, 0.1) is 17.3 Å². The van der Waals surface area contributed by atoms with Crippen LogP contribution < -0.4 is 10.6 Å². The first-order chi connectivity index (χ1) is 17.8. The molecule has 0 radical (unpaired) electrons. The fourth-order valence-electron chi connectivity index (χ4n) is 6.42. The summed E-state index contributed by atoms with van der Waals surface area (Å²) in [5, 5.41) is 13.6. The van der Waals surface area contributed by atoms with Crippen LogP contribution in [-0.2, 0) is 25.3 Å². The first kappa shape index (κ1) is 28.7. The molecule has 6 atom stereocenters. The number of alkyl carbamates (subject to hydrolysis) is 1. The van der Waals surface area contributed by atoms with E-state index in [0.717, 1.165) is 31.4 Å². The maximum atomic E-state index is 12.7. The van der Waals surface area contributed by atoms with Gasteiger partial charge in [-0.05, 0) is 68.4 Å². The van der Waals surface area contributed by atoms with E-state index >= 15 is 0 Å². The van der Waals surface area contributed by atoms with Crippen molar-refractivity contribution >= 4 is 19.2 Å². The van der Waals surface area contributed by atoms with E-state index in [-0.39, 0.29) is 23.7 Å². The second kappa shape index (κ2) is 11.1. The quantitative estimate of drug-likeness (QED) is 0.469. The summed E-state index contributed by atoms with van der Waals surface area (Å²) in [7, 11) is -0.470. The zero-order valence-electron chi connectivity index (χ0n) is 21.9. The van der Waals surface area contributed by atoms with Crippen LogP contribution in [0.4, 0.5) is 18.0 Å². The Morgan fingerprint density at radius 3 is 2.50 bits per heavy atom. The Morgan fingerprint density at radius 1 is 1.24 bits per heavy atom. The van der Waals surface area contributed by atoms with Gasteiger partial charge in [-0.15, -0.1) is 0 Å². The van der Waals surface area contributed by atoms with Crippen LogP contribution in [0.3, 0.4) is 0 Å². The summed E-state index contributed by atoms with van der Waals surface area (Å²) in [5.41, 5.74) is 1.14. The number of carboxylic acids is 1. The maximum absolute atomic E-state index is 12.7. The molecule has 1 aromatic carbocycles. The molecule has 5 fully saturated rings. The fraction of sp³-hybridized carbons (Fsp3) is 0.692. The van der Waals surface area contributed by atoms with Gasteiger partial charge in [0.05, 0.1) is 17.6 Å². The second-order valence-electron chi connectivity index (χ2n) is 11.5. The number of rotatable bonds is 6. The summed E-state index contributed by atoms with van der Waals surface area (Å²) in [6.07, 6.45) is -0.319. The zero-order chi connectivity index (χ0) is 27.7. The standard InChI is InChI=1S/C24H35BN2O4.C2HF3O2/c1-23(2)17-13-19(23)24(3)20(14-17)30-25(31-24)21(12-16-8-5-4-6-9-16)27-22(28)29-15-18-10-7-11-26-18;3-2(4,5)1(6)7/h4-6,8-9,17-21,26H,7,10-15H2,1-3H3,(H,27,28);(H,6,7)/t17-,18?,19-,20+,21-,24-;/m0./s1. The number of carbonyl (C=O) groups excluding carboxylic acids is 1. The van der Waals surface area contributed by atoms with E-state index < -0.39 is 25.4 Å². The number of hydrogen-bond donors (Lipinski definition) is 3. The molecule has 210 valence electrons. The van der Waals surface area contributed by atoms with Crippen LogP contribution in [0.1, 0.15) is 52.0 Å². The van der Waals surface area contributed by atoms with Crippen molar-refractivity contribution in [3.05, 3.63) is 35.9 Å². The van der Waals surface area contributed by atoms with Crippen molar-refractivity contribution in [2.75, 3.05) is 13.2 Å². The topological polar surface area (TPSA) is 106 Å². The van der Waals surface area contributed by atoms with Gasteiger partial charge in [-0.2, -0.15) is 13.2 Å². The Labute approximate surface area is 221 Å². The van der Waals surface area contributed by atoms with Crippen molar-refractivity contribution in [2.24, 2.45) is 17.3 Å². The minimum absolute atomic E-state index is 0.0908. The number of benzene rings is 1. The monoisotopic (exact) mass is 540 g/mol. The number of carbonyl (C=O) groups is 2. The van der Waals surface area contributed by atoms with Gasteiger partial charge < -0.3 is 29.8 Å². The molecule has 0 spiro atoms. The van der Waals surface area contributed by atoms with Crippen molar-refractivity contribution in [3.8, 4) is 0 Å². The molecule has 8 nitrogen and oxygen atoms in total. The van der Waals surface area contributed by atoms with Gasteiger partial charge in [-0.3, -0.25) is 0 Å². The summed E-state index contributed by atoms with van der Waals surface area (Å²) in [6, 6.07) is 10.4. The average Bonchev–Trinajstić information content (AvgIpc) is 3.49. The maximum Gasteiger partial charge on any atom is 0.490 e. The molecule has 2 bridgehead atoms. The van der Waals surface area contributed by atoms with Crippen LogP contribution in [0.5, 0.6) is 0 Å². The molecule has 6 rings (SSSR count). The Balaban J connectivity index is 0.000000426. The first-order valence-electron chi connectivity index (χ1n) is 13.1. The summed E-state index contributed by atoms with van der Waals surface area (Å²) in [5.74, 6) is -1.87. The molecule has 1 amide bonds. The van der Waals surface area contributed by atoms with E-state index in [1.54, 1.807) is 0 Å². The third-order valence-corrected chi connectivity index (χ3v) is 8.72. The minimum Gasteiger partial charge on any atom is -0.475 e. The van der Waals surface area contributed by atoms with Crippen LogP contribution >= 0.6 is 0 Å². The van der Waals surface area contributed by atoms with Crippen LogP contribution in [0.2, 0.25) is 0 Å². The number of hydrogen-bond acceptors (Lipinski definition) is 6. The highest BCUT2D eigenvalue weighted by molar-refractivity contribution is 6.47. The summed E-state index contributed by atoms with van der Waals surface area (Å²) < 4.78 is 50.4. The molecule has 12 heteroatoms. The molecule has 1 aromatic rings. The molecule has 0 aromatic heterocycles. The second-order valence-corrected chi connectivity index (χ2v) is 11.5. The SMILES string of the molecule is CC1(C)[C@@H]2C[C@H]3OB([C@H](Cc4ccccc4)NC(=O)OCC4CCCN4)O[C@@]3(C)[C@H]1C2.O=C(O)C(F)(F)F. The Morgan fingerprint density at radius 2 is 1.92 bits per heavy atom. The Hall–Kier alpha value is -2.31. The van der Waals surface area contributed by atoms with E-state index in [0.29, 0.717) is 30.3 Å². The van der Waals surface area contributed by atoms with E-state index in [4.69, 9.17) is 23.9 Å². The van der Waals surface area contributed by atoms with Gasteiger partial charge in [-0.1, -0.05) is 44.2 Å². The smallest absolute Gasteiger partial charge is 0.475 e. The number of carboxylic acid groups (broad SMARTS) is 1. The Kier molecular flexibility index (Phi) is 8.35. The fourth-order valence-corrected chi connectivity index (χ4v) is 6.42.